The Labute approximate surface area is 94.1 Å². The molecule has 2 heterocycles. The molecule has 0 fully saturated rings. The number of halogens is 2. The molecule has 5 heteroatoms. The van der Waals surface area contributed by atoms with Crippen LogP contribution in [0.5, 0.6) is 0 Å². The van der Waals surface area contributed by atoms with E-state index < -0.39 is 0 Å². The largest absolute Gasteiger partial charge is 0.313 e. The van der Waals surface area contributed by atoms with E-state index in [2.05, 4.69) is 4.98 Å². The summed E-state index contributed by atoms with van der Waals surface area (Å²) in [6.07, 6.45) is 0. The van der Waals surface area contributed by atoms with Crippen LogP contribution in [-0.4, -0.2) is 4.98 Å². The Morgan fingerprint density at radius 1 is 1.21 bits per heavy atom. The highest BCUT2D eigenvalue weighted by Gasteiger charge is 2.03. The monoisotopic (exact) mass is 245 g/mol. The third kappa shape index (κ3) is 2.00. The summed E-state index contributed by atoms with van der Waals surface area (Å²) < 4.78 is 0.691. The van der Waals surface area contributed by atoms with Crippen LogP contribution in [0, 0.1) is 0 Å². The van der Waals surface area contributed by atoms with Crippen LogP contribution in [0.4, 0.5) is 0 Å². The first-order valence-corrected chi connectivity index (χ1v) is 5.38. The van der Waals surface area contributed by atoms with E-state index in [4.69, 9.17) is 23.2 Å². The van der Waals surface area contributed by atoms with Gasteiger partial charge in [-0.1, -0.05) is 23.2 Å². The Morgan fingerprint density at radius 2 is 2.00 bits per heavy atom. The number of pyridine rings is 1. The lowest BCUT2D eigenvalue weighted by Crippen LogP contribution is -2.03. The van der Waals surface area contributed by atoms with Crippen molar-refractivity contribution in [3.8, 4) is 10.4 Å². The van der Waals surface area contributed by atoms with Gasteiger partial charge in [0.05, 0.1) is 4.34 Å². The maximum Gasteiger partial charge on any atom is 0.249 e. The molecule has 0 saturated carbocycles. The van der Waals surface area contributed by atoms with Crippen molar-refractivity contribution in [1.29, 1.82) is 0 Å². The molecule has 0 spiro atoms. The van der Waals surface area contributed by atoms with Gasteiger partial charge in [0.25, 0.3) is 0 Å². The van der Waals surface area contributed by atoms with Crippen LogP contribution in [0.15, 0.2) is 29.1 Å². The third-order valence-electron chi connectivity index (χ3n) is 1.67. The zero-order valence-corrected chi connectivity index (χ0v) is 9.21. The van der Waals surface area contributed by atoms with Crippen molar-refractivity contribution >= 4 is 34.5 Å². The average Bonchev–Trinajstić information content (AvgIpc) is 2.50. The second kappa shape index (κ2) is 3.77. The van der Waals surface area contributed by atoms with E-state index in [1.165, 1.54) is 17.4 Å². The summed E-state index contributed by atoms with van der Waals surface area (Å²) in [7, 11) is 0. The molecular weight excluding hydrogens is 241 g/mol. The molecule has 0 saturated heterocycles. The summed E-state index contributed by atoms with van der Waals surface area (Å²) in [5.41, 5.74) is 0.577. The molecule has 0 bridgehead atoms. The number of thiophene rings is 1. The van der Waals surface area contributed by atoms with E-state index in [1.807, 2.05) is 6.07 Å². The van der Waals surface area contributed by atoms with Gasteiger partial charge in [0.2, 0.25) is 5.56 Å². The number of hydrogen-bond acceptors (Lipinski definition) is 2. The van der Waals surface area contributed by atoms with E-state index in [9.17, 15) is 4.79 Å². The highest BCUT2D eigenvalue weighted by atomic mass is 35.5. The van der Waals surface area contributed by atoms with Gasteiger partial charge in [-0.05, 0) is 18.2 Å². The van der Waals surface area contributed by atoms with Gasteiger partial charge in [-0.2, -0.15) is 0 Å². The maximum absolute atomic E-state index is 11.1. The molecule has 0 amide bonds. The van der Waals surface area contributed by atoms with Crippen LogP contribution in [-0.2, 0) is 0 Å². The minimum absolute atomic E-state index is 0.211. The van der Waals surface area contributed by atoms with Gasteiger partial charge in [0.1, 0.15) is 5.15 Å². The molecule has 2 aromatic heterocycles. The number of rotatable bonds is 1. The first-order chi connectivity index (χ1) is 6.65. The summed E-state index contributed by atoms with van der Waals surface area (Å²) in [6.45, 7) is 0. The average molecular weight is 246 g/mol. The fourth-order valence-corrected chi connectivity index (χ4v) is 2.36. The number of H-pyrrole nitrogens is 1. The number of aromatic nitrogens is 1. The standard InChI is InChI=1S/C9H5Cl2NOS/c10-7-3-5(4-9(13)12-7)6-1-2-8(11)14-6/h1-4H,(H,12,13). The van der Waals surface area contributed by atoms with E-state index in [1.54, 1.807) is 12.1 Å². The van der Waals surface area contributed by atoms with E-state index in [0.29, 0.717) is 9.49 Å². The normalized spacial score (nSPS) is 10.4. The van der Waals surface area contributed by atoms with Crippen molar-refractivity contribution in [3.05, 3.63) is 44.1 Å². The molecule has 0 unspecified atom stereocenters. The molecule has 2 aromatic rings. The van der Waals surface area contributed by atoms with Crippen LogP contribution in [0.25, 0.3) is 10.4 Å². The maximum atomic E-state index is 11.1. The third-order valence-corrected chi connectivity index (χ3v) is 3.15. The summed E-state index contributed by atoms with van der Waals surface area (Å²) in [6, 6.07) is 6.84. The molecule has 0 aromatic carbocycles. The molecule has 0 aliphatic heterocycles. The van der Waals surface area contributed by atoms with Crippen molar-refractivity contribution in [2.75, 3.05) is 0 Å². The van der Waals surface area contributed by atoms with Gasteiger partial charge in [0.15, 0.2) is 0 Å². The van der Waals surface area contributed by atoms with E-state index in [-0.39, 0.29) is 5.56 Å². The Morgan fingerprint density at radius 3 is 2.57 bits per heavy atom. The molecule has 72 valence electrons. The number of nitrogens with one attached hydrogen (secondary N) is 1. The van der Waals surface area contributed by atoms with Gasteiger partial charge in [0, 0.05) is 16.5 Å². The van der Waals surface area contributed by atoms with Crippen molar-refractivity contribution in [1.82, 2.24) is 4.98 Å². The molecule has 2 rings (SSSR count). The van der Waals surface area contributed by atoms with Crippen LogP contribution in [0.2, 0.25) is 9.49 Å². The summed E-state index contributed by atoms with van der Waals surface area (Å²) in [5.74, 6) is 0. The first-order valence-electron chi connectivity index (χ1n) is 3.81. The highest BCUT2D eigenvalue weighted by Crippen LogP contribution is 2.30. The van der Waals surface area contributed by atoms with Crippen LogP contribution < -0.4 is 5.56 Å². The van der Waals surface area contributed by atoms with Crippen LogP contribution in [0.1, 0.15) is 0 Å². The smallest absolute Gasteiger partial charge is 0.249 e. The highest BCUT2D eigenvalue weighted by molar-refractivity contribution is 7.19. The van der Waals surface area contributed by atoms with Gasteiger partial charge >= 0.3 is 0 Å². The molecule has 1 N–H and O–H groups in total. The lowest BCUT2D eigenvalue weighted by Gasteiger charge is -1.96. The summed E-state index contributed by atoms with van der Waals surface area (Å²) in [4.78, 5) is 14.5. The fourth-order valence-electron chi connectivity index (χ4n) is 1.12. The molecule has 0 radical (unpaired) electrons. The quantitative estimate of drug-likeness (QED) is 0.768. The molecule has 0 aliphatic carbocycles. The molecule has 14 heavy (non-hydrogen) atoms. The summed E-state index contributed by atoms with van der Waals surface area (Å²) in [5, 5.41) is 0.331. The topological polar surface area (TPSA) is 32.9 Å². The van der Waals surface area contributed by atoms with Crippen molar-refractivity contribution in [3.63, 3.8) is 0 Å². The molecule has 2 nitrogen and oxygen atoms in total. The SMILES string of the molecule is O=c1cc(-c2ccc(Cl)s2)cc(Cl)[nH]1. The number of aromatic amines is 1. The Hall–Kier alpha value is -0.770. The first kappa shape index (κ1) is 9.77. The minimum Gasteiger partial charge on any atom is -0.313 e. The Balaban J connectivity index is 2.56. The van der Waals surface area contributed by atoms with Crippen molar-refractivity contribution in [2.24, 2.45) is 0 Å². The molecular formula is C9H5Cl2NOS. The Kier molecular flexibility index (Phi) is 2.63. The van der Waals surface area contributed by atoms with E-state index in [0.717, 1.165) is 10.4 Å². The summed E-state index contributed by atoms with van der Waals surface area (Å²) >= 11 is 12.9. The second-order valence-electron chi connectivity index (χ2n) is 2.68. The number of hydrogen-bond donors (Lipinski definition) is 1. The predicted molar refractivity (Wildman–Crippen MR) is 60.4 cm³/mol. The zero-order valence-electron chi connectivity index (χ0n) is 6.88. The molecule has 0 aliphatic rings. The van der Waals surface area contributed by atoms with Gasteiger partial charge in [-0.15, -0.1) is 11.3 Å². The Bertz CT molecular complexity index is 518. The van der Waals surface area contributed by atoms with Gasteiger partial charge < -0.3 is 4.98 Å². The van der Waals surface area contributed by atoms with Crippen LogP contribution >= 0.6 is 34.5 Å². The lowest BCUT2D eigenvalue weighted by atomic mass is 10.2. The lowest BCUT2D eigenvalue weighted by molar-refractivity contribution is 1.24. The minimum atomic E-state index is -0.211. The van der Waals surface area contributed by atoms with Gasteiger partial charge in [-0.25, -0.2) is 0 Å². The van der Waals surface area contributed by atoms with Gasteiger partial charge in [-0.3, -0.25) is 4.79 Å². The van der Waals surface area contributed by atoms with Crippen LogP contribution in [0.3, 0.4) is 0 Å². The zero-order chi connectivity index (χ0) is 10.1. The predicted octanol–water partition coefficient (Wildman–Crippen LogP) is 3.41. The molecule has 0 atom stereocenters. The second-order valence-corrected chi connectivity index (χ2v) is 4.81. The van der Waals surface area contributed by atoms with Crippen molar-refractivity contribution in [2.45, 2.75) is 0 Å². The van der Waals surface area contributed by atoms with E-state index >= 15 is 0 Å². The van der Waals surface area contributed by atoms with Crippen molar-refractivity contribution < 1.29 is 0 Å². The fraction of sp³-hybridized carbons (Fsp3) is 0.